The van der Waals surface area contributed by atoms with Crippen LogP contribution in [-0.2, 0) is 9.53 Å². The number of hydrogen-bond acceptors (Lipinski definition) is 4. The number of likely N-dealkylation sites (tertiary alicyclic amines) is 1. The summed E-state index contributed by atoms with van der Waals surface area (Å²) in [5.41, 5.74) is 0.233. The van der Waals surface area contributed by atoms with Crippen molar-refractivity contribution in [2.75, 3.05) is 11.9 Å². The number of pyridine rings is 1. The summed E-state index contributed by atoms with van der Waals surface area (Å²) < 4.78 is 5.40. The Morgan fingerprint density at radius 3 is 2.72 bits per heavy atom. The van der Waals surface area contributed by atoms with E-state index in [0.717, 1.165) is 17.3 Å². The van der Waals surface area contributed by atoms with Gasteiger partial charge in [-0.25, -0.2) is 9.78 Å². The van der Waals surface area contributed by atoms with Gasteiger partial charge < -0.3 is 10.1 Å². The van der Waals surface area contributed by atoms with E-state index < -0.39 is 17.7 Å². The van der Waals surface area contributed by atoms with Crippen molar-refractivity contribution in [2.45, 2.75) is 45.3 Å². The number of nitrogens with one attached hydrogen (secondary N) is 1. The van der Waals surface area contributed by atoms with Gasteiger partial charge in [0.25, 0.3) is 0 Å². The van der Waals surface area contributed by atoms with Crippen LogP contribution in [0, 0.1) is 0 Å². The lowest BCUT2D eigenvalue weighted by Crippen LogP contribution is -2.45. The number of ether oxygens (including phenoxy) is 1. The van der Waals surface area contributed by atoms with Gasteiger partial charge in [0.15, 0.2) is 0 Å². The Kier molecular flexibility index (Phi) is 4.61. The molecular formula is C19H23N3O3. The minimum Gasteiger partial charge on any atom is -0.444 e. The van der Waals surface area contributed by atoms with Crippen LogP contribution in [0.3, 0.4) is 0 Å². The molecule has 1 aromatic carbocycles. The third-order valence-electron chi connectivity index (χ3n) is 4.03. The van der Waals surface area contributed by atoms with Crippen molar-refractivity contribution in [1.29, 1.82) is 0 Å². The molecule has 0 bridgehead atoms. The highest BCUT2D eigenvalue weighted by molar-refractivity contribution is 5.97. The number of para-hydroxylation sites is 1. The van der Waals surface area contributed by atoms with Gasteiger partial charge in [0.1, 0.15) is 17.5 Å². The molecule has 1 saturated heterocycles. The molecule has 2 amide bonds. The topological polar surface area (TPSA) is 71.5 Å². The molecule has 2 aromatic rings. The van der Waals surface area contributed by atoms with Gasteiger partial charge in [0.05, 0.1) is 5.52 Å². The standard InChI is InChI=1S/C19H23N3O3/c1-19(2,3)25-18(24)22-12-6-9-15(22)17(23)21-16-11-10-13-7-4-5-8-14(13)20-16/h4-5,7-8,10-11,15H,6,9,12H2,1-3H3,(H,20,21,23)/t15-/m1/s1. The second-order valence-electron chi connectivity index (χ2n) is 7.21. The first-order valence-electron chi connectivity index (χ1n) is 8.50. The van der Waals surface area contributed by atoms with Gasteiger partial charge in [0.2, 0.25) is 5.91 Å². The van der Waals surface area contributed by atoms with Crippen molar-refractivity contribution in [2.24, 2.45) is 0 Å². The van der Waals surface area contributed by atoms with Crippen molar-refractivity contribution in [1.82, 2.24) is 9.88 Å². The Balaban J connectivity index is 1.71. The minimum atomic E-state index is -0.583. The van der Waals surface area contributed by atoms with Gasteiger partial charge in [0, 0.05) is 11.9 Å². The lowest BCUT2D eigenvalue weighted by atomic mass is 10.2. The number of nitrogens with zero attached hydrogens (tertiary/aromatic N) is 2. The van der Waals surface area contributed by atoms with Crippen molar-refractivity contribution < 1.29 is 14.3 Å². The molecule has 1 atom stereocenters. The number of carbonyl (C=O) groups is 2. The van der Waals surface area contributed by atoms with Crippen molar-refractivity contribution in [3.63, 3.8) is 0 Å². The molecule has 1 aliphatic heterocycles. The predicted octanol–water partition coefficient (Wildman–Crippen LogP) is 3.57. The van der Waals surface area contributed by atoms with E-state index >= 15 is 0 Å². The summed E-state index contributed by atoms with van der Waals surface area (Å²) in [6, 6.07) is 10.9. The highest BCUT2D eigenvalue weighted by atomic mass is 16.6. The smallest absolute Gasteiger partial charge is 0.410 e. The lowest BCUT2D eigenvalue weighted by Gasteiger charge is -2.27. The SMILES string of the molecule is CC(C)(C)OC(=O)N1CCC[C@@H]1C(=O)Nc1ccc2ccccc2n1. The van der Waals surface area contributed by atoms with E-state index in [4.69, 9.17) is 4.74 Å². The highest BCUT2D eigenvalue weighted by Crippen LogP contribution is 2.22. The third kappa shape index (κ3) is 4.07. The Bertz CT molecular complexity index is 798. The molecule has 6 nitrogen and oxygen atoms in total. The predicted molar refractivity (Wildman–Crippen MR) is 96.3 cm³/mol. The van der Waals surface area contributed by atoms with Gasteiger partial charge in [-0.2, -0.15) is 0 Å². The van der Waals surface area contributed by atoms with Crippen molar-refractivity contribution >= 4 is 28.7 Å². The Morgan fingerprint density at radius 1 is 1.20 bits per heavy atom. The van der Waals surface area contributed by atoms with Crippen molar-refractivity contribution in [3.05, 3.63) is 36.4 Å². The Labute approximate surface area is 147 Å². The summed E-state index contributed by atoms with van der Waals surface area (Å²) in [5.74, 6) is 0.255. The van der Waals surface area contributed by atoms with Crippen LogP contribution >= 0.6 is 0 Å². The molecule has 1 fully saturated rings. The third-order valence-corrected chi connectivity index (χ3v) is 4.03. The molecule has 0 saturated carbocycles. The summed E-state index contributed by atoms with van der Waals surface area (Å²) in [7, 11) is 0. The summed E-state index contributed by atoms with van der Waals surface area (Å²) in [6.45, 7) is 5.97. The molecule has 132 valence electrons. The van der Waals surface area contributed by atoms with Gasteiger partial charge in [-0.05, 0) is 51.8 Å². The molecule has 1 aromatic heterocycles. The second kappa shape index (κ2) is 6.70. The van der Waals surface area contributed by atoms with E-state index in [0.29, 0.717) is 18.8 Å². The van der Waals surface area contributed by atoms with Crippen LogP contribution < -0.4 is 5.32 Å². The maximum Gasteiger partial charge on any atom is 0.410 e. The first kappa shape index (κ1) is 17.2. The van der Waals surface area contributed by atoms with Crippen LogP contribution in [-0.4, -0.2) is 40.1 Å². The fourth-order valence-electron chi connectivity index (χ4n) is 2.92. The summed E-state index contributed by atoms with van der Waals surface area (Å²) in [5, 5.41) is 3.84. The van der Waals surface area contributed by atoms with E-state index in [-0.39, 0.29) is 5.91 Å². The van der Waals surface area contributed by atoms with E-state index in [1.807, 2.05) is 51.1 Å². The number of carbonyl (C=O) groups excluding carboxylic acids is 2. The fourth-order valence-corrected chi connectivity index (χ4v) is 2.92. The Hall–Kier alpha value is -2.63. The fraction of sp³-hybridized carbons (Fsp3) is 0.421. The van der Waals surface area contributed by atoms with Crippen LogP contribution in [0.25, 0.3) is 10.9 Å². The number of fused-ring (bicyclic) bond motifs is 1. The molecule has 1 N–H and O–H groups in total. The molecule has 0 spiro atoms. The number of hydrogen-bond donors (Lipinski definition) is 1. The Morgan fingerprint density at radius 2 is 1.96 bits per heavy atom. The zero-order chi connectivity index (χ0) is 18.0. The van der Waals surface area contributed by atoms with Crippen LogP contribution in [0.5, 0.6) is 0 Å². The molecule has 25 heavy (non-hydrogen) atoms. The normalized spacial score (nSPS) is 17.6. The minimum absolute atomic E-state index is 0.230. The molecule has 3 rings (SSSR count). The summed E-state index contributed by atoms with van der Waals surface area (Å²) >= 11 is 0. The zero-order valence-electron chi connectivity index (χ0n) is 14.8. The number of aromatic nitrogens is 1. The molecule has 0 aliphatic carbocycles. The quantitative estimate of drug-likeness (QED) is 0.906. The van der Waals surface area contributed by atoms with Crippen LogP contribution in [0.2, 0.25) is 0 Å². The van der Waals surface area contributed by atoms with Crippen LogP contribution in [0.4, 0.5) is 10.6 Å². The maximum atomic E-state index is 12.6. The van der Waals surface area contributed by atoms with E-state index in [2.05, 4.69) is 10.3 Å². The summed E-state index contributed by atoms with van der Waals surface area (Å²) in [4.78, 5) is 30.9. The van der Waals surface area contributed by atoms with Gasteiger partial charge >= 0.3 is 6.09 Å². The summed E-state index contributed by atoms with van der Waals surface area (Å²) in [6.07, 6.45) is 0.956. The number of rotatable bonds is 2. The van der Waals surface area contributed by atoms with Crippen LogP contribution in [0.15, 0.2) is 36.4 Å². The maximum absolute atomic E-state index is 12.6. The average molecular weight is 341 g/mol. The molecule has 6 heteroatoms. The van der Waals surface area contributed by atoms with E-state index in [1.165, 1.54) is 4.90 Å². The molecule has 1 aliphatic rings. The van der Waals surface area contributed by atoms with Gasteiger partial charge in [-0.1, -0.05) is 18.2 Å². The van der Waals surface area contributed by atoms with Crippen LogP contribution in [0.1, 0.15) is 33.6 Å². The van der Waals surface area contributed by atoms with E-state index in [1.54, 1.807) is 6.07 Å². The molecule has 0 unspecified atom stereocenters. The lowest BCUT2D eigenvalue weighted by molar-refractivity contribution is -0.120. The monoisotopic (exact) mass is 341 g/mol. The van der Waals surface area contributed by atoms with Gasteiger partial charge in [-0.3, -0.25) is 9.69 Å². The second-order valence-corrected chi connectivity index (χ2v) is 7.21. The van der Waals surface area contributed by atoms with Gasteiger partial charge in [-0.15, -0.1) is 0 Å². The molecule has 2 heterocycles. The van der Waals surface area contributed by atoms with Crippen molar-refractivity contribution in [3.8, 4) is 0 Å². The zero-order valence-corrected chi connectivity index (χ0v) is 14.8. The highest BCUT2D eigenvalue weighted by Gasteiger charge is 2.36. The number of anilines is 1. The number of amides is 2. The number of benzene rings is 1. The first-order chi connectivity index (χ1) is 11.8. The molecular weight excluding hydrogens is 318 g/mol. The average Bonchev–Trinajstić information content (AvgIpc) is 3.03. The largest absolute Gasteiger partial charge is 0.444 e. The van der Waals surface area contributed by atoms with E-state index in [9.17, 15) is 9.59 Å². The first-order valence-corrected chi connectivity index (χ1v) is 8.50. The molecule has 0 radical (unpaired) electrons.